The van der Waals surface area contributed by atoms with Gasteiger partial charge in [-0.2, -0.15) is 0 Å². The van der Waals surface area contributed by atoms with Crippen LogP contribution in [0.25, 0.3) is 43.9 Å². The fourth-order valence-corrected chi connectivity index (χ4v) is 5.05. The summed E-state index contributed by atoms with van der Waals surface area (Å²) in [6.07, 6.45) is 5.96. The van der Waals surface area contributed by atoms with Crippen molar-refractivity contribution in [1.82, 2.24) is 15.0 Å². The molecule has 172 valence electrons. The number of carboxylic acid groups (broad SMARTS) is 1. The van der Waals surface area contributed by atoms with Crippen LogP contribution in [-0.2, 0) is 17.6 Å². The standard InChI is InChI=1S/C28H22N4O3/c1-15-10-18-11-17(19-13-31-28(29)32-14-19)2-3-20(18)26(22(15)12-24(33)34)21-4-5-23-25-16(7-9-35-23)6-8-30-27(21)25/h2-6,8,10-11,13-14H,7,9,12H2,1H3,(H,33,34)(H2,29,31,32). The molecule has 0 fully saturated rings. The van der Waals surface area contributed by atoms with Gasteiger partial charge in [-0.05, 0) is 69.8 Å². The first kappa shape index (κ1) is 21.0. The van der Waals surface area contributed by atoms with Crippen LogP contribution in [0, 0.1) is 6.92 Å². The van der Waals surface area contributed by atoms with Gasteiger partial charge >= 0.3 is 5.97 Å². The minimum absolute atomic E-state index is 0.0793. The van der Waals surface area contributed by atoms with E-state index in [1.165, 1.54) is 5.56 Å². The quantitative estimate of drug-likeness (QED) is 0.388. The van der Waals surface area contributed by atoms with Crippen LogP contribution in [0.3, 0.4) is 0 Å². The van der Waals surface area contributed by atoms with Crippen LogP contribution in [0.4, 0.5) is 5.95 Å². The van der Waals surface area contributed by atoms with Gasteiger partial charge in [0.15, 0.2) is 0 Å². The van der Waals surface area contributed by atoms with Crippen molar-refractivity contribution in [3.05, 3.63) is 77.7 Å². The van der Waals surface area contributed by atoms with E-state index >= 15 is 0 Å². The lowest BCUT2D eigenvalue weighted by molar-refractivity contribution is -0.136. The molecule has 0 spiro atoms. The molecule has 0 unspecified atom stereocenters. The Hall–Kier alpha value is -4.52. The number of carboxylic acids is 1. The molecular formula is C28H22N4O3. The minimum atomic E-state index is -0.872. The van der Waals surface area contributed by atoms with Gasteiger partial charge in [-0.15, -0.1) is 0 Å². The van der Waals surface area contributed by atoms with Crippen molar-refractivity contribution in [2.45, 2.75) is 19.8 Å². The Balaban J connectivity index is 1.66. The monoisotopic (exact) mass is 462 g/mol. The zero-order valence-corrected chi connectivity index (χ0v) is 19.1. The van der Waals surface area contributed by atoms with Crippen LogP contribution >= 0.6 is 0 Å². The summed E-state index contributed by atoms with van der Waals surface area (Å²) in [7, 11) is 0. The van der Waals surface area contributed by atoms with Crippen molar-refractivity contribution >= 4 is 33.6 Å². The SMILES string of the molecule is Cc1cc2cc(-c3cnc(N)nc3)ccc2c(-c2ccc3c4c(ccnc24)CCO3)c1CC(=O)O. The third-order valence-electron chi connectivity index (χ3n) is 6.64. The fourth-order valence-electron chi connectivity index (χ4n) is 5.05. The third-order valence-corrected chi connectivity index (χ3v) is 6.64. The van der Waals surface area contributed by atoms with Gasteiger partial charge in [0.2, 0.25) is 5.95 Å². The molecule has 5 aromatic rings. The van der Waals surface area contributed by atoms with E-state index in [4.69, 9.17) is 15.5 Å². The zero-order valence-electron chi connectivity index (χ0n) is 19.1. The van der Waals surface area contributed by atoms with Gasteiger partial charge in [0.25, 0.3) is 0 Å². The number of nitrogens with zero attached hydrogens (tertiary/aromatic N) is 3. The van der Waals surface area contributed by atoms with Crippen molar-refractivity contribution < 1.29 is 14.6 Å². The van der Waals surface area contributed by atoms with E-state index in [0.29, 0.717) is 6.61 Å². The maximum Gasteiger partial charge on any atom is 0.307 e. The molecular weight excluding hydrogens is 440 g/mol. The van der Waals surface area contributed by atoms with Crippen LogP contribution in [0.2, 0.25) is 0 Å². The molecule has 0 radical (unpaired) electrons. The number of nitrogens with two attached hydrogens (primary N) is 1. The van der Waals surface area contributed by atoms with Crippen LogP contribution in [0.5, 0.6) is 5.75 Å². The number of aliphatic carboxylic acids is 1. The molecule has 3 heterocycles. The molecule has 0 saturated carbocycles. The molecule has 3 N–H and O–H groups in total. The van der Waals surface area contributed by atoms with Gasteiger partial charge in [-0.3, -0.25) is 9.78 Å². The lowest BCUT2D eigenvalue weighted by Crippen LogP contribution is -2.10. The van der Waals surface area contributed by atoms with Crippen LogP contribution in [0.15, 0.2) is 61.1 Å². The Labute approximate surface area is 201 Å². The number of fused-ring (bicyclic) bond motifs is 1. The van der Waals surface area contributed by atoms with E-state index < -0.39 is 5.97 Å². The maximum atomic E-state index is 11.9. The van der Waals surface area contributed by atoms with Crippen LogP contribution < -0.4 is 10.5 Å². The third kappa shape index (κ3) is 3.52. The highest BCUT2D eigenvalue weighted by atomic mass is 16.5. The van der Waals surface area contributed by atoms with Crippen molar-refractivity contribution in [2.24, 2.45) is 0 Å². The van der Waals surface area contributed by atoms with E-state index in [2.05, 4.69) is 16.0 Å². The average Bonchev–Trinajstić information content (AvgIpc) is 2.85. The molecule has 1 aliphatic heterocycles. The van der Waals surface area contributed by atoms with Crippen molar-refractivity contribution in [3.63, 3.8) is 0 Å². The van der Waals surface area contributed by atoms with Crippen molar-refractivity contribution in [2.75, 3.05) is 12.3 Å². The second kappa shape index (κ2) is 8.06. The summed E-state index contributed by atoms with van der Waals surface area (Å²) in [6, 6.07) is 14.2. The molecule has 0 saturated heterocycles. The molecule has 0 bridgehead atoms. The molecule has 1 aliphatic rings. The summed E-state index contributed by atoms with van der Waals surface area (Å²) < 4.78 is 5.91. The summed E-state index contributed by atoms with van der Waals surface area (Å²) in [6.45, 7) is 2.60. The average molecular weight is 463 g/mol. The van der Waals surface area contributed by atoms with Gasteiger partial charge in [-0.1, -0.05) is 18.2 Å². The first-order valence-corrected chi connectivity index (χ1v) is 11.4. The first-order valence-electron chi connectivity index (χ1n) is 11.4. The minimum Gasteiger partial charge on any atom is -0.493 e. The molecule has 0 amide bonds. The molecule has 35 heavy (non-hydrogen) atoms. The number of aromatic nitrogens is 3. The normalized spacial score (nSPS) is 12.6. The first-order chi connectivity index (χ1) is 17.0. The number of pyridine rings is 1. The summed E-state index contributed by atoms with van der Waals surface area (Å²) in [5, 5.41) is 12.7. The Morgan fingerprint density at radius 2 is 1.89 bits per heavy atom. The predicted molar refractivity (Wildman–Crippen MR) is 135 cm³/mol. The van der Waals surface area contributed by atoms with E-state index in [1.54, 1.807) is 12.4 Å². The number of rotatable bonds is 4. The molecule has 6 rings (SSSR count). The second-order valence-electron chi connectivity index (χ2n) is 8.79. The summed E-state index contributed by atoms with van der Waals surface area (Å²) in [5.41, 5.74) is 13.0. The second-order valence-corrected chi connectivity index (χ2v) is 8.79. The summed E-state index contributed by atoms with van der Waals surface area (Å²) >= 11 is 0. The zero-order chi connectivity index (χ0) is 24.1. The number of hydrogen-bond acceptors (Lipinski definition) is 6. The molecule has 0 aliphatic carbocycles. The van der Waals surface area contributed by atoms with Gasteiger partial charge in [0.1, 0.15) is 5.75 Å². The van der Waals surface area contributed by atoms with E-state index in [9.17, 15) is 9.90 Å². The van der Waals surface area contributed by atoms with E-state index in [1.807, 2.05) is 49.5 Å². The Morgan fingerprint density at radius 1 is 1.06 bits per heavy atom. The highest BCUT2D eigenvalue weighted by Gasteiger charge is 2.22. The summed E-state index contributed by atoms with van der Waals surface area (Å²) in [5.74, 6) is 0.175. The summed E-state index contributed by atoms with van der Waals surface area (Å²) in [4.78, 5) is 24.8. The topological polar surface area (TPSA) is 111 Å². The number of hydrogen-bond donors (Lipinski definition) is 2. The number of benzene rings is 3. The maximum absolute atomic E-state index is 11.9. The Kier molecular flexibility index (Phi) is 4.84. The predicted octanol–water partition coefficient (Wildman–Crippen LogP) is 4.96. The van der Waals surface area contributed by atoms with Gasteiger partial charge < -0.3 is 15.6 Å². The highest BCUT2D eigenvalue weighted by Crippen LogP contribution is 2.42. The fraction of sp³-hybridized carbons (Fsp3) is 0.143. The number of carbonyl (C=O) groups is 1. The largest absolute Gasteiger partial charge is 0.493 e. The molecule has 2 aromatic heterocycles. The lowest BCUT2D eigenvalue weighted by atomic mass is 9.86. The number of ether oxygens (including phenoxy) is 1. The van der Waals surface area contributed by atoms with Crippen LogP contribution in [-0.4, -0.2) is 32.6 Å². The van der Waals surface area contributed by atoms with Crippen molar-refractivity contribution in [3.8, 4) is 28.0 Å². The molecule has 7 nitrogen and oxygen atoms in total. The van der Waals surface area contributed by atoms with Gasteiger partial charge in [0, 0.05) is 41.5 Å². The smallest absolute Gasteiger partial charge is 0.307 e. The van der Waals surface area contributed by atoms with Crippen LogP contribution in [0.1, 0.15) is 16.7 Å². The van der Waals surface area contributed by atoms with Crippen molar-refractivity contribution in [1.29, 1.82) is 0 Å². The van der Waals surface area contributed by atoms with Gasteiger partial charge in [0.05, 0.1) is 18.5 Å². The van der Waals surface area contributed by atoms with Gasteiger partial charge in [-0.25, -0.2) is 9.97 Å². The Morgan fingerprint density at radius 3 is 2.69 bits per heavy atom. The molecule has 3 aromatic carbocycles. The lowest BCUT2D eigenvalue weighted by Gasteiger charge is -2.22. The highest BCUT2D eigenvalue weighted by molar-refractivity contribution is 6.09. The molecule has 7 heteroatoms. The number of aryl methyl sites for hydroxylation is 1. The van der Waals surface area contributed by atoms with E-state index in [-0.39, 0.29) is 12.4 Å². The number of anilines is 1. The Bertz CT molecular complexity index is 1630. The molecule has 0 atom stereocenters. The van der Waals surface area contributed by atoms with E-state index in [0.717, 1.165) is 67.2 Å². The number of nitrogen functional groups attached to an aromatic ring is 1.